The highest BCUT2D eigenvalue weighted by molar-refractivity contribution is 9.10. The first kappa shape index (κ1) is 15.1. The summed E-state index contributed by atoms with van der Waals surface area (Å²) >= 11 is 6.91. The van der Waals surface area contributed by atoms with Gasteiger partial charge in [-0.15, -0.1) is 22.7 Å². The van der Waals surface area contributed by atoms with E-state index in [4.69, 9.17) is 5.73 Å². The van der Waals surface area contributed by atoms with Gasteiger partial charge in [0, 0.05) is 32.7 Å². The number of aromatic nitrogens is 1. The summed E-state index contributed by atoms with van der Waals surface area (Å²) in [6.07, 6.45) is 0.960. The van der Waals surface area contributed by atoms with E-state index in [1.165, 1.54) is 4.88 Å². The Morgan fingerprint density at radius 1 is 1.47 bits per heavy atom. The maximum absolute atomic E-state index is 6.32. The van der Waals surface area contributed by atoms with Crippen LogP contribution in [0.25, 0.3) is 0 Å². The summed E-state index contributed by atoms with van der Waals surface area (Å²) in [5, 5.41) is 4.21. The number of thiazole rings is 1. The van der Waals surface area contributed by atoms with Gasteiger partial charge in [-0.2, -0.15) is 0 Å². The third-order valence-corrected chi connectivity index (χ3v) is 5.53. The monoisotopic (exact) mass is 359 g/mol. The zero-order valence-electron chi connectivity index (χ0n) is 11.0. The molecule has 0 aliphatic carbocycles. The molecule has 0 aliphatic heterocycles. The molecule has 0 aromatic carbocycles. The zero-order valence-corrected chi connectivity index (χ0v) is 14.3. The van der Waals surface area contributed by atoms with Gasteiger partial charge < -0.3 is 5.73 Å². The van der Waals surface area contributed by atoms with Crippen LogP contribution in [0.5, 0.6) is 0 Å². The molecule has 0 bridgehead atoms. The highest BCUT2D eigenvalue weighted by atomic mass is 79.9. The molecular formula is C13H18BrN3S2. The van der Waals surface area contributed by atoms with Crippen LogP contribution < -0.4 is 5.73 Å². The number of halogens is 1. The molecule has 0 fully saturated rings. The van der Waals surface area contributed by atoms with E-state index in [2.05, 4.69) is 56.6 Å². The van der Waals surface area contributed by atoms with Gasteiger partial charge in [0.15, 0.2) is 0 Å². The fraction of sp³-hybridized carbons (Fsp3) is 0.462. The van der Waals surface area contributed by atoms with E-state index in [0.29, 0.717) is 0 Å². The van der Waals surface area contributed by atoms with Gasteiger partial charge in [0.1, 0.15) is 0 Å². The van der Waals surface area contributed by atoms with Crippen molar-refractivity contribution in [2.75, 3.05) is 7.05 Å². The van der Waals surface area contributed by atoms with Gasteiger partial charge in [0.25, 0.3) is 0 Å². The molecule has 0 radical (unpaired) electrons. The summed E-state index contributed by atoms with van der Waals surface area (Å²) < 4.78 is 1.13. The van der Waals surface area contributed by atoms with Gasteiger partial charge in [-0.3, -0.25) is 4.90 Å². The predicted octanol–water partition coefficient (Wildman–Crippen LogP) is 3.88. The molecule has 0 aliphatic rings. The van der Waals surface area contributed by atoms with E-state index in [9.17, 15) is 0 Å². The summed E-state index contributed by atoms with van der Waals surface area (Å²) in [6.45, 7) is 2.97. The minimum absolute atomic E-state index is 0.134. The number of nitrogens with zero attached hydrogens (tertiary/aromatic N) is 2. The third-order valence-electron chi connectivity index (χ3n) is 3.13. The lowest BCUT2D eigenvalue weighted by molar-refractivity contribution is 0.203. The lowest BCUT2D eigenvalue weighted by Crippen LogP contribution is -2.38. The molecule has 2 N–H and O–H groups in total. The first-order valence-electron chi connectivity index (χ1n) is 6.18. The van der Waals surface area contributed by atoms with Gasteiger partial charge in [0.05, 0.1) is 17.2 Å². The van der Waals surface area contributed by atoms with Crippen LogP contribution in [0.15, 0.2) is 26.8 Å². The van der Waals surface area contributed by atoms with E-state index in [1.54, 1.807) is 22.7 Å². The summed E-state index contributed by atoms with van der Waals surface area (Å²) in [6, 6.07) is 2.54. The van der Waals surface area contributed by atoms with Crippen LogP contribution in [0.4, 0.5) is 0 Å². The number of thiophene rings is 1. The molecule has 2 rings (SSSR count). The van der Waals surface area contributed by atoms with Crippen LogP contribution in [0, 0.1) is 0 Å². The van der Waals surface area contributed by atoms with Crippen molar-refractivity contribution in [2.24, 2.45) is 5.73 Å². The van der Waals surface area contributed by atoms with Gasteiger partial charge >= 0.3 is 0 Å². The lowest BCUT2D eigenvalue weighted by atomic mass is 10.0. The van der Waals surface area contributed by atoms with Crippen LogP contribution in [-0.4, -0.2) is 23.0 Å². The summed E-state index contributed by atoms with van der Waals surface area (Å²) in [7, 11) is 2.12. The average Bonchev–Trinajstić information content (AvgIpc) is 3.01. The summed E-state index contributed by atoms with van der Waals surface area (Å²) in [4.78, 5) is 7.95. The normalized spacial score (nSPS) is 14.8. The van der Waals surface area contributed by atoms with Crippen LogP contribution in [0.2, 0.25) is 0 Å². The molecule has 2 unspecified atom stereocenters. The maximum atomic E-state index is 6.32. The lowest BCUT2D eigenvalue weighted by Gasteiger charge is -2.31. The van der Waals surface area contributed by atoms with E-state index in [1.807, 2.05) is 5.51 Å². The van der Waals surface area contributed by atoms with E-state index >= 15 is 0 Å². The Morgan fingerprint density at radius 3 is 2.79 bits per heavy atom. The SMILES string of the molecule is CCC(N)C(c1cc(Br)cs1)N(C)Cc1cscn1. The minimum atomic E-state index is 0.134. The standard InChI is InChI=1S/C13H18BrN3S2/c1-3-11(15)13(12-4-9(14)6-19-12)17(2)5-10-7-18-8-16-10/h4,6-8,11,13H,3,5,15H2,1-2H3. The van der Waals surface area contributed by atoms with Crippen LogP contribution in [0.3, 0.4) is 0 Å². The summed E-state index contributed by atoms with van der Waals surface area (Å²) in [5.74, 6) is 0. The Kier molecular flexibility index (Phi) is 5.53. The van der Waals surface area contributed by atoms with Gasteiger partial charge in [-0.05, 0) is 35.5 Å². The van der Waals surface area contributed by atoms with Crippen LogP contribution in [0.1, 0.15) is 30.0 Å². The number of hydrogen-bond acceptors (Lipinski definition) is 5. The molecule has 2 atom stereocenters. The Balaban J connectivity index is 2.17. The van der Waals surface area contributed by atoms with Crippen molar-refractivity contribution in [1.82, 2.24) is 9.88 Å². The van der Waals surface area contributed by atoms with Gasteiger partial charge in [-0.1, -0.05) is 6.92 Å². The summed E-state index contributed by atoms with van der Waals surface area (Å²) in [5.41, 5.74) is 9.30. The first-order chi connectivity index (χ1) is 9.11. The molecule has 2 aromatic rings. The van der Waals surface area contributed by atoms with E-state index in [0.717, 1.165) is 23.1 Å². The van der Waals surface area contributed by atoms with Crippen molar-refractivity contribution in [3.63, 3.8) is 0 Å². The number of likely N-dealkylation sites (N-methyl/N-ethyl adjacent to an activating group) is 1. The zero-order chi connectivity index (χ0) is 13.8. The molecule has 104 valence electrons. The minimum Gasteiger partial charge on any atom is -0.326 e. The smallest absolute Gasteiger partial charge is 0.0795 e. The molecule has 2 aromatic heterocycles. The quantitative estimate of drug-likeness (QED) is 0.850. The molecular weight excluding hydrogens is 342 g/mol. The van der Waals surface area contributed by atoms with Crippen molar-refractivity contribution < 1.29 is 0 Å². The fourth-order valence-electron chi connectivity index (χ4n) is 2.13. The molecule has 2 heterocycles. The van der Waals surface area contributed by atoms with E-state index in [-0.39, 0.29) is 12.1 Å². The second-order valence-electron chi connectivity index (χ2n) is 4.58. The average molecular weight is 360 g/mol. The van der Waals surface area contributed by atoms with Crippen molar-refractivity contribution in [3.8, 4) is 0 Å². The first-order valence-corrected chi connectivity index (χ1v) is 8.80. The Labute approximate surface area is 130 Å². The predicted molar refractivity (Wildman–Crippen MR) is 86.6 cm³/mol. The van der Waals surface area contributed by atoms with Gasteiger partial charge in [-0.25, -0.2) is 4.98 Å². The maximum Gasteiger partial charge on any atom is 0.0795 e. The molecule has 0 spiro atoms. The second kappa shape index (κ2) is 6.95. The molecule has 0 saturated carbocycles. The van der Waals surface area contributed by atoms with Crippen LogP contribution >= 0.6 is 38.6 Å². The van der Waals surface area contributed by atoms with Gasteiger partial charge in [0.2, 0.25) is 0 Å². The number of rotatable bonds is 6. The van der Waals surface area contributed by atoms with Crippen LogP contribution in [-0.2, 0) is 6.54 Å². The Hall–Kier alpha value is -0.270. The Morgan fingerprint density at radius 2 is 2.26 bits per heavy atom. The molecule has 19 heavy (non-hydrogen) atoms. The van der Waals surface area contributed by atoms with E-state index < -0.39 is 0 Å². The van der Waals surface area contributed by atoms with Crippen molar-refractivity contribution in [1.29, 1.82) is 0 Å². The highest BCUT2D eigenvalue weighted by Crippen LogP contribution is 2.32. The molecule has 6 heteroatoms. The number of hydrogen-bond donors (Lipinski definition) is 1. The van der Waals surface area contributed by atoms with Crippen molar-refractivity contribution >= 4 is 38.6 Å². The Bertz CT molecular complexity index is 498. The second-order valence-corrected chi connectivity index (χ2v) is 7.16. The molecule has 3 nitrogen and oxygen atoms in total. The number of nitrogens with two attached hydrogens (primary N) is 1. The fourth-order valence-corrected chi connectivity index (χ4v) is 4.37. The van der Waals surface area contributed by atoms with Crippen molar-refractivity contribution in [2.45, 2.75) is 32.0 Å². The third kappa shape index (κ3) is 3.86. The largest absolute Gasteiger partial charge is 0.326 e. The molecule has 0 amide bonds. The molecule has 0 saturated heterocycles. The highest BCUT2D eigenvalue weighted by Gasteiger charge is 2.25. The topological polar surface area (TPSA) is 42.1 Å². The van der Waals surface area contributed by atoms with Crippen molar-refractivity contribution in [3.05, 3.63) is 37.4 Å².